The third-order valence-corrected chi connectivity index (χ3v) is 7.34. The Bertz CT molecular complexity index is 664. The molecule has 0 amide bonds. The second-order valence-electron chi connectivity index (χ2n) is 8.18. The third-order valence-electron chi connectivity index (χ3n) is 5.53. The van der Waals surface area contributed by atoms with Gasteiger partial charge in [-0.3, -0.25) is 4.90 Å². The number of nitrogens with zero attached hydrogens (tertiary/aromatic N) is 3. The highest BCUT2D eigenvalue weighted by Crippen LogP contribution is 2.21. The highest BCUT2D eigenvalue weighted by atomic mass is 32.2. The molecule has 2 aliphatic rings. The van der Waals surface area contributed by atoms with Crippen LogP contribution in [0.15, 0.2) is 30.3 Å². The molecule has 152 valence electrons. The van der Waals surface area contributed by atoms with E-state index in [9.17, 15) is 8.42 Å². The molecule has 0 spiro atoms. The van der Waals surface area contributed by atoms with Crippen molar-refractivity contribution in [3.8, 4) is 0 Å². The zero-order valence-electron chi connectivity index (χ0n) is 16.7. The van der Waals surface area contributed by atoms with E-state index < -0.39 is 10.2 Å². The minimum Gasteiger partial charge on any atom is -0.301 e. The molecule has 0 bridgehead atoms. The van der Waals surface area contributed by atoms with Crippen LogP contribution in [0.2, 0.25) is 0 Å². The van der Waals surface area contributed by atoms with E-state index in [1.54, 1.807) is 4.31 Å². The number of nitrogens with one attached hydrogen (secondary N) is 1. The summed E-state index contributed by atoms with van der Waals surface area (Å²) in [4.78, 5) is 5.08. The van der Waals surface area contributed by atoms with Crippen LogP contribution in [-0.2, 0) is 16.8 Å². The van der Waals surface area contributed by atoms with Crippen molar-refractivity contribution in [2.45, 2.75) is 39.3 Å². The summed E-state index contributed by atoms with van der Waals surface area (Å²) >= 11 is 0. The van der Waals surface area contributed by atoms with E-state index in [4.69, 9.17) is 0 Å². The zero-order chi connectivity index (χ0) is 19.3. The van der Waals surface area contributed by atoms with Gasteiger partial charge in [0.25, 0.3) is 10.2 Å². The van der Waals surface area contributed by atoms with Gasteiger partial charge in [0.05, 0.1) is 0 Å². The molecule has 2 saturated heterocycles. The second-order valence-corrected chi connectivity index (χ2v) is 9.88. The minimum absolute atomic E-state index is 0.0556. The van der Waals surface area contributed by atoms with E-state index in [1.165, 1.54) is 5.56 Å². The maximum Gasteiger partial charge on any atom is 0.279 e. The predicted molar refractivity (Wildman–Crippen MR) is 110 cm³/mol. The predicted octanol–water partition coefficient (Wildman–Crippen LogP) is 1.76. The quantitative estimate of drug-likeness (QED) is 0.766. The van der Waals surface area contributed by atoms with Crippen LogP contribution in [0.3, 0.4) is 0 Å². The molecule has 1 N–H and O–H groups in total. The van der Waals surface area contributed by atoms with E-state index in [1.807, 2.05) is 13.8 Å². The molecule has 0 atom stereocenters. The van der Waals surface area contributed by atoms with E-state index in [-0.39, 0.29) is 6.04 Å². The van der Waals surface area contributed by atoms with Gasteiger partial charge in [-0.1, -0.05) is 30.3 Å². The summed E-state index contributed by atoms with van der Waals surface area (Å²) in [5, 5.41) is 0. The maximum absolute atomic E-state index is 12.3. The lowest BCUT2D eigenvalue weighted by Crippen LogP contribution is -2.50. The highest BCUT2D eigenvalue weighted by Gasteiger charge is 2.29. The first-order valence-electron chi connectivity index (χ1n) is 10.2. The number of piperidine rings is 1. The Morgan fingerprint density at radius 3 is 2.15 bits per heavy atom. The van der Waals surface area contributed by atoms with Crippen molar-refractivity contribution >= 4 is 10.2 Å². The summed E-state index contributed by atoms with van der Waals surface area (Å²) < 4.78 is 28.9. The second kappa shape index (κ2) is 9.47. The van der Waals surface area contributed by atoms with Crippen molar-refractivity contribution in [3.63, 3.8) is 0 Å². The largest absolute Gasteiger partial charge is 0.301 e. The van der Waals surface area contributed by atoms with Crippen molar-refractivity contribution < 1.29 is 8.42 Å². The van der Waals surface area contributed by atoms with Crippen LogP contribution < -0.4 is 4.72 Å². The molecule has 0 unspecified atom stereocenters. The minimum atomic E-state index is -3.31. The molecule has 0 aromatic heterocycles. The molecule has 6 nitrogen and oxygen atoms in total. The van der Waals surface area contributed by atoms with Gasteiger partial charge in [0.15, 0.2) is 0 Å². The number of hydrogen-bond acceptors (Lipinski definition) is 4. The molecule has 1 aromatic rings. The Morgan fingerprint density at radius 1 is 0.963 bits per heavy atom. The first-order chi connectivity index (χ1) is 12.9. The smallest absolute Gasteiger partial charge is 0.279 e. The SMILES string of the molecule is CC(C)NS(=O)(=O)N1CCC(CN2CCN(Cc3ccccc3)CC2)CC1. The Labute approximate surface area is 164 Å². The highest BCUT2D eigenvalue weighted by molar-refractivity contribution is 7.87. The fourth-order valence-corrected chi connectivity index (χ4v) is 5.48. The van der Waals surface area contributed by atoms with Gasteiger partial charge in [0.2, 0.25) is 0 Å². The van der Waals surface area contributed by atoms with Gasteiger partial charge in [-0.05, 0) is 38.2 Å². The topological polar surface area (TPSA) is 55.9 Å². The number of benzene rings is 1. The fourth-order valence-electron chi connectivity index (χ4n) is 4.04. The third kappa shape index (κ3) is 6.26. The van der Waals surface area contributed by atoms with Crippen LogP contribution in [0.5, 0.6) is 0 Å². The van der Waals surface area contributed by atoms with Crippen molar-refractivity contribution in [2.24, 2.45) is 5.92 Å². The molecule has 1 aromatic carbocycles. The maximum atomic E-state index is 12.3. The molecular formula is C20H34N4O2S. The van der Waals surface area contributed by atoms with Gasteiger partial charge in [-0.15, -0.1) is 0 Å². The molecule has 7 heteroatoms. The first-order valence-corrected chi connectivity index (χ1v) is 11.6. The van der Waals surface area contributed by atoms with Gasteiger partial charge in [0, 0.05) is 58.4 Å². The number of hydrogen-bond donors (Lipinski definition) is 1. The van der Waals surface area contributed by atoms with E-state index in [2.05, 4.69) is 44.9 Å². The monoisotopic (exact) mass is 394 g/mol. The van der Waals surface area contributed by atoms with E-state index in [0.29, 0.717) is 19.0 Å². The van der Waals surface area contributed by atoms with Crippen molar-refractivity contribution in [3.05, 3.63) is 35.9 Å². The number of rotatable bonds is 7. The summed E-state index contributed by atoms with van der Waals surface area (Å²) in [6.07, 6.45) is 1.92. The Balaban J connectivity index is 1.38. The van der Waals surface area contributed by atoms with Crippen LogP contribution in [-0.4, -0.2) is 74.4 Å². The van der Waals surface area contributed by atoms with E-state index >= 15 is 0 Å². The molecule has 3 rings (SSSR count). The van der Waals surface area contributed by atoms with Gasteiger partial charge >= 0.3 is 0 Å². The van der Waals surface area contributed by atoms with Gasteiger partial charge in [-0.25, -0.2) is 0 Å². The summed E-state index contributed by atoms with van der Waals surface area (Å²) in [7, 11) is -3.31. The average molecular weight is 395 g/mol. The molecule has 2 heterocycles. The summed E-state index contributed by atoms with van der Waals surface area (Å²) in [6, 6.07) is 10.6. The summed E-state index contributed by atoms with van der Waals surface area (Å²) in [6.45, 7) is 11.6. The first kappa shape index (κ1) is 20.7. The lowest BCUT2D eigenvalue weighted by Gasteiger charge is -2.38. The van der Waals surface area contributed by atoms with Gasteiger partial charge in [0.1, 0.15) is 0 Å². The molecule has 0 saturated carbocycles. The van der Waals surface area contributed by atoms with Crippen molar-refractivity contribution in [1.82, 2.24) is 18.8 Å². The lowest BCUT2D eigenvalue weighted by molar-refractivity contribution is 0.101. The molecule has 2 fully saturated rings. The molecule has 27 heavy (non-hydrogen) atoms. The van der Waals surface area contributed by atoms with Crippen LogP contribution >= 0.6 is 0 Å². The Morgan fingerprint density at radius 2 is 1.56 bits per heavy atom. The van der Waals surface area contributed by atoms with Crippen LogP contribution in [0, 0.1) is 5.92 Å². The van der Waals surface area contributed by atoms with E-state index in [0.717, 1.165) is 52.1 Å². The summed E-state index contributed by atoms with van der Waals surface area (Å²) in [5.74, 6) is 0.608. The zero-order valence-corrected chi connectivity index (χ0v) is 17.5. The average Bonchev–Trinajstić information content (AvgIpc) is 2.64. The molecule has 0 aliphatic carbocycles. The van der Waals surface area contributed by atoms with Crippen molar-refractivity contribution in [2.75, 3.05) is 45.8 Å². The molecular weight excluding hydrogens is 360 g/mol. The van der Waals surface area contributed by atoms with Crippen LogP contribution in [0.1, 0.15) is 32.3 Å². The van der Waals surface area contributed by atoms with Crippen molar-refractivity contribution in [1.29, 1.82) is 0 Å². The van der Waals surface area contributed by atoms with Crippen LogP contribution in [0.25, 0.3) is 0 Å². The Hall–Kier alpha value is -0.990. The van der Waals surface area contributed by atoms with Gasteiger partial charge < -0.3 is 4.90 Å². The molecule has 2 aliphatic heterocycles. The summed E-state index contributed by atoms with van der Waals surface area (Å²) in [5.41, 5.74) is 1.38. The van der Waals surface area contributed by atoms with Crippen LogP contribution in [0.4, 0.5) is 0 Å². The standard InChI is InChI=1S/C20H34N4O2S/c1-18(2)21-27(25,26)24-10-8-20(9-11-24)17-23-14-12-22(13-15-23)16-19-6-4-3-5-7-19/h3-7,18,20-21H,8-17H2,1-2H3. The normalized spacial score (nSPS) is 21.7. The Kier molecular flexibility index (Phi) is 7.28. The number of piperazine rings is 1. The fraction of sp³-hybridized carbons (Fsp3) is 0.700. The van der Waals surface area contributed by atoms with Gasteiger partial charge in [-0.2, -0.15) is 17.4 Å². The lowest BCUT2D eigenvalue weighted by atomic mass is 9.97. The molecule has 0 radical (unpaired) electrons.